The lowest BCUT2D eigenvalue weighted by Gasteiger charge is -2.24. The van der Waals surface area contributed by atoms with Gasteiger partial charge in [0.05, 0.1) is 25.4 Å². The Balaban J connectivity index is 0.00000243. The number of carbonyl (C=O) groups excluding carboxylic acids is 1. The molecule has 2 aromatic rings. The number of halogens is 1. The third-order valence-electron chi connectivity index (χ3n) is 4.91. The maximum Gasteiger partial charge on any atom is 0.276 e. The second-order valence-electron chi connectivity index (χ2n) is 6.43. The SMILES string of the molecule is COc1ccc(C(C)N(C)C(=O)c2cn(C3CCNCC3)nn2)cc1.Cl. The van der Waals surface area contributed by atoms with Gasteiger partial charge in [-0.25, -0.2) is 4.68 Å². The van der Waals surface area contributed by atoms with E-state index < -0.39 is 0 Å². The van der Waals surface area contributed by atoms with E-state index in [-0.39, 0.29) is 24.4 Å². The Morgan fingerprint density at radius 3 is 2.58 bits per heavy atom. The number of ether oxygens (including phenoxy) is 1. The van der Waals surface area contributed by atoms with Crippen LogP contribution in [-0.2, 0) is 0 Å². The van der Waals surface area contributed by atoms with E-state index in [1.54, 1.807) is 25.3 Å². The zero-order valence-electron chi connectivity index (χ0n) is 15.4. The van der Waals surface area contributed by atoms with E-state index in [0.29, 0.717) is 11.7 Å². The predicted molar refractivity (Wildman–Crippen MR) is 102 cm³/mol. The van der Waals surface area contributed by atoms with E-state index in [2.05, 4.69) is 15.6 Å². The van der Waals surface area contributed by atoms with E-state index in [4.69, 9.17) is 4.74 Å². The molecule has 1 aliphatic heterocycles. The van der Waals surface area contributed by atoms with Crippen molar-refractivity contribution >= 4 is 18.3 Å². The normalized spacial score (nSPS) is 15.8. The van der Waals surface area contributed by atoms with Crippen molar-refractivity contribution < 1.29 is 9.53 Å². The maximum atomic E-state index is 12.8. The van der Waals surface area contributed by atoms with E-state index >= 15 is 0 Å². The zero-order valence-corrected chi connectivity index (χ0v) is 16.2. The number of benzene rings is 1. The number of piperidine rings is 1. The molecule has 3 rings (SSSR count). The van der Waals surface area contributed by atoms with Crippen LogP contribution in [0.4, 0.5) is 0 Å². The molecule has 0 bridgehead atoms. The average Bonchev–Trinajstić information content (AvgIpc) is 3.17. The Kier molecular flexibility index (Phi) is 6.99. The molecule has 1 aliphatic rings. The monoisotopic (exact) mass is 379 g/mol. The van der Waals surface area contributed by atoms with Crippen molar-refractivity contribution in [3.05, 3.63) is 41.7 Å². The number of rotatable bonds is 5. The Hall–Kier alpha value is -2.12. The summed E-state index contributed by atoms with van der Waals surface area (Å²) in [6, 6.07) is 8.00. The maximum absolute atomic E-state index is 12.8. The molecule has 1 aromatic heterocycles. The lowest BCUT2D eigenvalue weighted by Crippen LogP contribution is -2.30. The van der Waals surface area contributed by atoms with Crippen LogP contribution >= 0.6 is 12.4 Å². The van der Waals surface area contributed by atoms with Crippen LogP contribution < -0.4 is 10.1 Å². The van der Waals surface area contributed by atoms with Crippen LogP contribution in [0.25, 0.3) is 0 Å². The first kappa shape index (κ1) is 20.2. The van der Waals surface area contributed by atoms with Crippen LogP contribution in [0, 0.1) is 0 Å². The van der Waals surface area contributed by atoms with Gasteiger partial charge in [-0.05, 0) is 50.6 Å². The number of aromatic nitrogens is 3. The topological polar surface area (TPSA) is 72.3 Å². The van der Waals surface area contributed by atoms with Crippen LogP contribution in [0.1, 0.15) is 47.9 Å². The molecular weight excluding hydrogens is 354 g/mol. The summed E-state index contributed by atoms with van der Waals surface area (Å²) in [5, 5.41) is 11.6. The van der Waals surface area contributed by atoms with Crippen molar-refractivity contribution in [1.82, 2.24) is 25.2 Å². The van der Waals surface area contributed by atoms with Gasteiger partial charge in [0.2, 0.25) is 0 Å². The van der Waals surface area contributed by atoms with Gasteiger partial charge in [0.25, 0.3) is 5.91 Å². The molecule has 1 saturated heterocycles. The van der Waals surface area contributed by atoms with Crippen LogP contribution in [-0.4, -0.2) is 53.0 Å². The Morgan fingerprint density at radius 2 is 1.96 bits per heavy atom. The number of hydrogen-bond acceptors (Lipinski definition) is 5. The molecule has 1 amide bonds. The quantitative estimate of drug-likeness (QED) is 0.863. The molecular formula is C18H26ClN5O2. The van der Waals surface area contributed by atoms with E-state index in [1.807, 2.05) is 35.9 Å². The summed E-state index contributed by atoms with van der Waals surface area (Å²) in [5.41, 5.74) is 1.43. The summed E-state index contributed by atoms with van der Waals surface area (Å²) in [7, 11) is 3.43. The van der Waals surface area contributed by atoms with Crippen molar-refractivity contribution in [1.29, 1.82) is 0 Å². The number of carbonyl (C=O) groups is 1. The van der Waals surface area contributed by atoms with Gasteiger partial charge >= 0.3 is 0 Å². The highest BCUT2D eigenvalue weighted by Crippen LogP contribution is 2.23. The Bertz CT molecular complexity index is 713. The molecule has 142 valence electrons. The number of nitrogens with zero attached hydrogens (tertiary/aromatic N) is 4. The molecule has 1 fully saturated rings. The van der Waals surface area contributed by atoms with Crippen LogP contribution in [0.2, 0.25) is 0 Å². The number of nitrogens with one attached hydrogen (secondary N) is 1. The van der Waals surface area contributed by atoms with Crippen molar-refractivity contribution in [3.63, 3.8) is 0 Å². The minimum absolute atomic E-state index is 0. The standard InChI is InChI=1S/C18H25N5O2.ClH/c1-13(14-4-6-16(25-3)7-5-14)22(2)18(24)17-12-23(21-20-17)15-8-10-19-11-9-15;/h4-7,12-13,15,19H,8-11H2,1-3H3;1H. The van der Waals surface area contributed by atoms with Gasteiger partial charge < -0.3 is 15.0 Å². The summed E-state index contributed by atoms with van der Waals surface area (Å²) in [6.45, 7) is 3.95. The summed E-state index contributed by atoms with van der Waals surface area (Å²) in [5.74, 6) is 0.679. The number of methoxy groups -OCH3 is 1. The summed E-state index contributed by atoms with van der Waals surface area (Å²) >= 11 is 0. The summed E-state index contributed by atoms with van der Waals surface area (Å²) in [6.07, 6.45) is 3.79. The fourth-order valence-electron chi connectivity index (χ4n) is 3.09. The molecule has 2 heterocycles. The smallest absolute Gasteiger partial charge is 0.276 e. The van der Waals surface area contributed by atoms with Gasteiger partial charge in [-0.1, -0.05) is 17.3 Å². The fraction of sp³-hybridized carbons (Fsp3) is 0.500. The fourth-order valence-corrected chi connectivity index (χ4v) is 3.09. The highest BCUT2D eigenvalue weighted by Gasteiger charge is 2.23. The minimum Gasteiger partial charge on any atom is -0.497 e. The first-order valence-electron chi connectivity index (χ1n) is 8.64. The Morgan fingerprint density at radius 1 is 1.31 bits per heavy atom. The third kappa shape index (κ3) is 4.34. The summed E-state index contributed by atoms with van der Waals surface area (Å²) in [4.78, 5) is 14.4. The van der Waals surface area contributed by atoms with Crippen molar-refractivity contribution in [2.24, 2.45) is 0 Å². The van der Waals surface area contributed by atoms with Crippen LogP contribution in [0.5, 0.6) is 5.75 Å². The second-order valence-corrected chi connectivity index (χ2v) is 6.43. The van der Waals surface area contributed by atoms with Crippen molar-refractivity contribution in [2.45, 2.75) is 31.8 Å². The average molecular weight is 380 g/mol. The first-order chi connectivity index (χ1) is 12.1. The molecule has 0 spiro atoms. The van der Waals surface area contributed by atoms with Gasteiger partial charge in [-0.2, -0.15) is 0 Å². The van der Waals surface area contributed by atoms with Crippen LogP contribution in [0.3, 0.4) is 0 Å². The van der Waals surface area contributed by atoms with E-state index in [0.717, 1.165) is 37.2 Å². The van der Waals surface area contributed by atoms with Gasteiger partial charge in [-0.15, -0.1) is 17.5 Å². The molecule has 1 N–H and O–H groups in total. The molecule has 26 heavy (non-hydrogen) atoms. The van der Waals surface area contributed by atoms with E-state index in [9.17, 15) is 4.79 Å². The lowest BCUT2D eigenvalue weighted by atomic mass is 10.1. The number of amides is 1. The van der Waals surface area contributed by atoms with Crippen molar-refractivity contribution in [3.8, 4) is 5.75 Å². The summed E-state index contributed by atoms with van der Waals surface area (Å²) < 4.78 is 7.01. The van der Waals surface area contributed by atoms with Crippen LogP contribution in [0.15, 0.2) is 30.5 Å². The molecule has 8 heteroatoms. The molecule has 0 aliphatic carbocycles. The predicted octanol–water partition coefficient (Wildman–Crippen LogP) is 2.47. The van der Waals surface area contributed by atoms with Gasteiger partial charge in [0.1, 0.15) is 5.75 Å². The number of hydrogen-bond donors (Lipinski definition) is 1. The largest absolute Gasteiger partial charge is 0.497 e. The molecule has 0 saturated carbocycles. The minimum atomic E-state index is -0.122. The molecule has 0 radical (unpaired) electrons. The highest BCUT2D eigenvalue weighted by molar-refractivity contribution is 5.92. The molecule has 1 aromatic carbocycles. The highest BCUT2D eigenvalue weighted by atomic mass is 35.5. The first-order valence-corrected chi connectivity index (χ1v) is 8.64. The van der Waals surface area contributed by atoms with Gasteiger partial charge in [-0.3, -0.25) is 4.79 Å². The molecule has 7 nitrogen and oxygen atoms in total. The lowest BCUT2D eigenvalue weighted by molar-refractivity contribution is 0.0736. The molecule has 1 unspecified atom stereocenters. The Labute approximate surface area is 160 Å². The van der Waals surface area contributed by atoms with Gasteiger partial charge in [0, 0.05) is 7.05 Å². The second kappa shape index (κ2) is 9.00. The molecule has 1 atom stereocenters. The van der Waals surface area contributed by atoms with Crippen molar-refractivity contribution in [2.75, 3.05) is 27.2 Å². The van der Waals surface area contributed by atoms with Gasteiger partial charge in [0.15, 0.2) is 5.69 Å². The van der Waals surface area contributed by atoms with E-state index in [1.165, 1.54) is 0 Å². The third-order valence-corrected chi connectivity index (χ3v) is 4.91. The zero-order chi connectivity index (χ0) is 17.8.